The van der Waals surface area contributed by atoms with E-state index >= 15 is 0 Å². The molecule has 1 aromatic carbocycles. The maximum Gasteiger partial charge on any atom is 0.328 e. The topological polar surface area (TPSA) is 78.4 Å². The summed E-state index contributed by atoms with van der Waals surface area (Å²) in [5.74, 6) is -0.0645. The Morgan fingerprint density at radius 2 is 2.00 bits per heavy atom. The van der Waals surface area contributed by atoms with Crippen LogP contribution in [0.15, 0.2) is 46.1 Å². The van der Waals surface area contributed by atoms with Gasteiger partial charge in [0.2, 0.25) is 5.91 Å². The molecule has 0 spiro atoms. The van der Waals surface area contributed by atoms with Gasteiger partial charge >= 0.3 is 5.69 Å². The minimum Gasteiger partial charge on any atom is -0.341 e. The van der Waals surface area contributed by atoms with E-state index in [-0.39, 0.29) is 12.3 Å². The Balaban J connectivity index is 1.58. The molecule has 1 amide bonds. The van der Waals surface area contributed by atoms with Crippen LogP contribution in [0.1, 0.15) is 24.0 Å². The van der Waals surface area contributed by atoms with Crippen LogP contribution in [0.25, 0.3) is 0 Å². The lowest BCUT2D eigenvalue weighted by Gasteiger charge is -2.37. The van der Waals surface area contributed by atoms with E-state index < -0.39 is 11.2 Å². The van der Waals surface area contributed by atoms with Crippen LogP contribution in [0.4, 0.5) is 0 Å². The summed E-state index contributed by atoms with van der Waals surface area (Å²) in [7, 11) is 3.52. The fourth-order valence-electron chi connectivity index (χ4n) is 3.69. The number of hydrogen-bond acceptors (Lipinski definition) is 4. The Morgan fingerprint density at radius 1 is 1.25 bits per heavy atom. The van der Waals surface area contributed by atoms with Crippen molar-refractivity contribution in [3.8, 4) is 0 Å². The highest BCUT2D eigenvalue weighted by Crippen LogP contribution is 2.16. The number of likely N-dealkylation sites (N-methyl/N-ethyl adjacent to an activating group) is 1. The van der Waals surface area contributed by atoms with Gasteiger partial charge in [-0.1, -0.05) is 30.3 Å². The quantitative estimate of drug-likeness (QED) is 0.798. The molecule has 0 saturated carbocycles. The van der Waals surface area contributed by atoms with E-state index in [1.54, 1.807) is 0 Å². The van der Waals surface area contributed by atoms with Crippen LogP contribution in [0.5, 0.6) is 0 Å². The monoisotopic (exact) mass is 384 g/mol. The minimum atomic E-state index is -0.473. The smallest absolute Gasteiger partial charge is 0.328 e. The molecule has 1 unspecified atom stereocenters. The first-order valence-electron chi connectivity index (χ1n) is 9.75. The van der Waals surface area contributed by atoms with Gasteiger partial charge in [-0.3, -0.25) is 14.2 Å². The fourth-order valence-corrected chi connectivity index (χ4v) is 3.69. The molecule has 28 heavy (non-hydrogen) atoms. The normalized spacial score (nSPS) is 17.1. The molecule has 3 rings (SSSR count). The van der Waals surface area contributed by atoms with Gasteiger partial charge in [0.05, 0.1) is 6.42 Å². The second-order valence-corrected chi connectivity index (χ2v) is 7.51. The number of amides is 1. The average Bonchev–Trinajstić information content (AvgIpc) is 2.73. The first-order chi connectivity index (χ1) is 13.5. The van der Waals surface area contributed by atoms with Crippen molar-refractivity contribution in [2.75, 3.05) is 26.7 Å². The number of nitrogens with zero attached hydrogens (tertiary/aromatic N) is 3. The van der Waals surface area contributed by atoms with E-state index in [2.05, 4.69) is 41.2 Å². The number of rotatable bonds is 6. The Bertz CT molecular complexity index is 919. The van der Waals surface area contributed by atoms with Gasteiger partial charge in [-0.25, -0.2) is 4.79 Å². The average molecular weight is 384 g/mol. The number of H-pyrrole nitrogens is 1. The van der Waals surface area contributed by atoms with Crippen molar-refractivity contribution in [1.82, 2.24) is 19.4 Å². The number of aromatic amines is 1. The van der Waals surface area contributed by atoms with Gasteiger partial charge in [0.25, 0.3) is 5.56 Å². The summed E-state index contributed by atoms with van der Waals surface area (Å²) in [5, 5.41) is 0. The van der Waals surface area contributed by atoms with Gasteiger partial charge in [-0.15, -0.1) is 0 Å². The molecule has 0 bridgehead atoms. The molecule has 1 fully saturated rings. The molecule has 150 valence electrons. The number of carbonyl (C=O) groups is 1. The summed E-state index contributed by atoms with van der Waals surface area (Å²) >= 11 is 0. The second kappa shape index (κ2) is 9.01. The molecule has 2 heterocycles. The fraction of sp³-hybridized carbons (Fsp3) is 0.476. The van der Waals surface area contributed by atoms with Crippen molar-refractivity contribution < 1.29 is 4.79 Å². The largest absolute Gasteiger partial charge is 0.341 e. The molecule has 1 aliphatic heterocycles. The molecule has 1 aliphatic rings. The summed E-state index contributed by atoms with van der Waals surface area (Å²) in [6.45, 7) is 2.33. The maximum absolute atomic E-state index is 12.7. The number of benzene rings is 1. The minimum absolute atomic E-state index is 0.0178. The molecule has 7 nitrogen and oxygen atoms in total. The Labute approximate surface area is 164 Å². The van der Waals surface area contributed by atoms with Crippen molar-refractivity contribution in [3.63, 3.8) is 0 Å². The first-order valence-corrected chi connectivity index (χ1v) is 9.75. The number of likely N-dealkylation sites (tertiary alicyclic amines) is 1. The number of aromatic nitrogens is 2. The highest BCUT2D eigenvalue weighted by Gasteiger charge is 2.26. The highest BCUT2D eigenvalue weighted by molar-refractivity contribution is 5.78. The third kappa shape index (κ3) is 4.78. The van der Waals surface area contributed by atoms with Gasteiger partial charge in [0.15, 0.2) is 0 Å². The molecular formula is C21H28N4O3. The van der Waals surface area contributed by atoms with Crippen LogP contribution in [0.2, 0.25) is 0 Å². The molecule has 2 aromatic rings. The SMILES string of the molecule is CN(CCc1ccccc1)C1CCCN(C(=O)Cc2c[nH]c(=O)n(C)c2=O)C1. The van der Waals surface area contributed by atoms with E-state index in [1.165, 1.54) is 18.8 Å². The van der Waals surface area contributed by atoms with Crippen molar-refractivity contribution in [3.05, 3.63) is 68.5 Å². The number of piperidine rings is 1. The molecule has 1 aromatic heterocycles. The van der Waals surface area contributed by atoms with E-state index in [9.17, 15) is 14.4 Å². The molecule has 0 aliphatic carbocycles. The lowest BCUT2D eigenvalue weighted by atomic mass is 10.0. The van der Waals surface area contributed by atoms with Crippen LogP contribution in [-0.2, 0) is 24.7 Å². The van der Waals surface area contributed by atoms with Crippen molar-refractivity contribution >= 4 is 5.91 Å². The van der Waals surface area contributed by atoms with Gasteiger partial charge in [-0.05, 0) is 31.9 Å². The van der Waals surface area contributed by atoms with Crippen LogP contribution < -0.4 is 11.2 Å². The predicted molar refractivity (Wildman–Crippen MR) is 108 cm³/mol. The van der Waals surface area contributed by atoms with Gasteiger partial charge < -0.3 is 14.8 Å². The Morgan fingerprint density at radius 3 is 2.75 bits per heavy atom. The predicted octanol–water partition coefficient (Wildman–Crippen LogP) is 0.782. The van der Waals surface area contributed by atoms with Crippen molar-refractivity contribution in [2.45, 2.75) is 31.7 Å². The second-order valence-electron chi connectivity index (χ2n) is 7.51. The zero-order chi connectivity index (χ0) is 20.1. The number of hydrogen-bond donors (Lipinski definition) is 1. The molecule has 1 atom stereocenters. The summed E-state index contributed by atoms with van der Waals surface area (Å²) in [6, 6.07) is 10.7. The standard InChI is InChI=1S/C21H28N4O3/c1-23(12-10-16-7-4-3-5-8-16)18-9-6-11-25(15-18)19(26)13-17-14-22-21(28)24(2)20(17)27/h3-5,7-8,14,18H,6,9-13,15H2,1-2H3,(H,22,28). The van der Waals surface area contributed by atoms with E-state index in [0.717, 1.165) is 30.4 Å². The highest BCUT2D eigenvalue weighted by atomic mass is 16.2. The molecule has 1 N–H and O–H groups in total. The van der Waals surface area contributed by atoms with Gasteiger partial charge in [0.1, 0.15) is 0 Å². The maximum atomic E-state index is 12.7. The third-order valence-corrected chi connectivity index (χ3v) is 5.56. The zero-order valence-electron chi connectivity index (χ0n) is 16.6. The van der Waals surface area contributed by atoms with Crippen LogP contribution in [0, 0.1) is 0 Å². The van der Waals surface area contributed by atoms with Gasteiger partial charge in [-0.2, -0.15) is 0 Å². The molecular weight excluding hydrogens is 356 g/mol. The third-order valence-electron chi connectivity index (χ3n) is 5.56. The van der Waals surface area contributed by atoms with E-state index in [1.807, 2.05) is 11.0 Å². The summed E-state index contributed by atoms with van der Waals surface area (Å²) in [5.41, 5.74) is 0.753. The van der Waals surface area contributed by atoms with Crippen molar-refractivity contribution in [1.29, 1.82) is 0 Å². The van der Waals surface area contributed by atoms with Gasteiger partial charge in [0, 0.05) is 44.5 Å². The van der Waals surface area contributed by atoms with Crippen LogP contribution >= 0.6 is 0 Å². The number of nitrogens with one attached hydrogen (secondary N) is 1. The van der Waals surface area contributed by atoms with E-state index in [0.29, 0.717) is 24.7 Å². The molecule has 0 radical (unpaired) electrons. The van der Waals surface area contributed by atoms with E-state index in [4.69, 9.17) is 0 Å². The van der Waals surface area contributed by atoms with Crippen molar-refractivity contribution in [2.24, 2.45) is 7.05 Å². The lowest BCUT2D eigenvalue weighted by Crippen LogP contribution is -2.49. The summed E-state index contributed by atoms with van der Waals surface area (Å²) in [6.07, 6.45) is 4.38. The van der Waals surface area contributed by atoms with Crippen LogP contribution in [0.3, 0.4) is 0 Å². The van der Waals surface area contributed by atoms with Crippen LogP contribution in [-0.4, -0.2) is 58.0 Å². The molecule has 7 heteroatoms. The summed E-state index contributed by atoms with van der Waals surface area (Å²) in [4.78, 5) is 43.0. The lowest BCUT2D eigenvalue weighted by molar-refractivity contribution is -0.132. The Kier molecular flexibility index (Phi) is 6.46. The Hall–Kier alpha value is -2.67. The summed E-state index contributed by atoms with van der Waals surface area (Å²) < 4.78 is 0.999. The number of carbonyl (C=O) groups excluding carboxylic acids is 1. The first kappa shape index (κ1) is 20.1. The zero-order valence-corrected chi connectivity index (χ0v) is 16.6. The molecule has 1 saturated heterocycles.